The molecule has 0 fully saturated rings. The summed E-state index contributed by atoms with van der Waals surface area (Å²) in [5.41, 5.74) is 13.3. The molecule has 3 aromatic heterocycles. The average molecular weight is 759 g/mol. The van der Waals surface area contributed by atoms with Gasteiger partial charge in [0.2, 0.25) is 0 Å². The summed E-state index contributed by atoms with van der Waals surface area (Å²) in [6.45, 7) is 0. The molecule has 0 aliphatic rings. The van der Waals surface area contributed by atoms with Crippen LogP contribution in [0.15, 0.2) is 211 Å². The first-order valence-electron chi connectivity index (χ1n) is 19.7. The highest BCUT2D eigenvalue weighted by molar-refractivity contribution is 7.26. The van der Waals surface area contributed by atoms with Crippen molar-refractivity contribution in [3.63, 3.8) is 0 Å². The molecule has 0 aliphatic carbocycles. The van der Waals surface area contributed by atoms with Crippen LogP contribution in [0.5, 0.6) is 0 Å². The number of rotatable bonds is 6. The number of nitrogens with zero attached hydrogens (tertiary/aromatic N) is 2. The molecule has 12 rings (SSSR count). The van der Waals surface area contributed by atoms with E-state index in [0.717, 1.165) is 50.2 Å². The summed E-state index contributed by atoms with van der Waals surface area (Å²) in [6.07, 6.45) is 0. The lowest BCUT2D eigenvalue weighted by Crippen LogP contribution is -2.10. The quantitative estimate of drug-likeness (QED) is 0.168. The molecule has 272 valence electrons. The van der Waals surface area contributed by atoms with Crippen molar-refractivity contribution in [1.29, 1.82) is 0 Å². The minimum Gasteiger partial charge on any atom is -0.456 e. The molecular formula is C54H34N2OS. The van der Waals surface area contributed by atoms with E-state index in [-0.39, 0.29) is 0 Å². The summed E-state index contributed by atoms with van der Waals surface area (Å²) in [4.78, 5) is 2.44. The Morgan fingerprint density at radius 3 is 1.84 bits per heavy atom. The molecule has 0 amide bonds. The van der Waals surface area contributed by atoms with Crippen LogP contribution in [0, 0.1) is 0 Å². The molecule has 0 N–H and O–H groups in total. The molecule has 58 heavy (non-hydrogen) atoms. The average Bonchev–Trinajstić information content (AvgIpc) is 3.97. The first-order chi connectivity index (χ1) is 28.8. The Kier molecular flexibility index (Phi) is 7.40. The van der Waals surface area contributed by atoms with E-state index in [0.29, 0.717) is 0 Å². The summed E-state index contributed by atoms with van der Waals surface area (Å²) < 4.78 is 11.5. The SMILES string of the molecule is c1ccc(-c2ccc3c(c2)sc2c(-c4ccccc4)ccc(N(c4ccc5c(c4)oc4ccccc45)c4ccc5c6ccccc6n(-c6ccccc6)c5c4)c23)cc1. The highest BCUT2D eigenvalue weighted by atomic mass is 32.1. The van der Waals surface area contributed by atoms with Gasteiger partial charge in [0.05, 0.1) is 16.7 Å². The predicted octanol–water partition coefficient (Wildman–Crippen LogP) is 15.9. The summed E-state index contributed by atoms with van der Waals surface area (Å²) in [7, 11) is 0. The maximum Gasteiger partial charge on any atom is 0.137 e. The minimum atomic E-state index is 0.864. The van der Waals surface area contributed by atoms with Gasteiger partial charge in [-0.25, -0.2) is 0 Å². The molecule has 0 bridgehead atoms. The van der Waals surface area contributed by atoms with Crippen molar-refractivity contribution < 1.29 is 4.42 Å². The molecule has 9 aromatic carbocycles. The van der Waals surface area contributed by atoms with Crippen LogP contribution in [0.25, 0.3) is 91.9 Å². The number of fused-ring (bicyclic) bond motifs is 9. The van der Waals surface area contributed by atoms with Gasteiger partial charge in [0, 0.05) is 64.8 Å². The number of hydrogen-bond acceptors (Lipinski definition) is 3. The molecule has 3 heterocycles. The van der Waals surface area contributed by atoms with E-state index in [2.05, 4.69) is 210 Å². The second-order valence-corrected chi connectivity index (χ2v) is 15.9. The Balaban J connectivity index is 1.17. The molecular weight excluding hydrogens is 725 g/mol. The van der Waals surface area contributed by atoms with E-state index in [1.807, 2.05) is 17.4 Å². The third kappa shape index (κ3) is 5.12. The third-order valence-electron chi connectivity index (χ3n) is 11.6. The zero-order chi connectivity index (χ0) is 38.2. The monoisotopic (exact) mass is 758 g/mol. The van der Waals surface area contributed by atoms with E-state index in [1.54, 1.807) is 0 Å². The van der Waals surface area contributed by atoms with E-state index in [1.165, 1.54) is 58.7 Å². The van der Waals surface area contributed by atoms with E-state index < -0.39 is 0 Å². The number of anilines is 3. The van der Waals surface area contributed by atoms with Crippen molar-refractivity contribution in [3.05, 3.63) is 206 Å². The van der Waals surface area contributed by atoms with Gasteiger partial charge in [-0.1, -0.05) is 140 Å². The fraction of sp³-hybridized carbons (Fsp3) is 0. The van der Waals surface area contributed by atoms with Crippen LogP contribution in [0.2, 0.25) is 0 Å². The topological polar surface area (TPSA) is 21.3 Å². The van der Waals surface area contributed by atoms with E-state index >= 15 is 0 Å². The lowest BCUT2D eigenvalue weighted by Gasteiger charge is -2.27. The molecule has 0 aliphatic heterocycles. The van der Waals surface area contributed by atoms with Crippen molar-refractivity contribution in [2.75, 3.05) is 4.90 Å². The number of furan rings is 1. The smallest absolute Gasteiger partial charge is 0.137 e. The van der Waals surface area contributed by atoms with Crippen LogP contribution < -0.4 is 4.90 Å². The van der Waals surface area contributed by atoms with Crippen molar-refractivity contribution in [2.45, 2.75) is 0 Å². The van der Waals surface area contributed by atoms with Crippen LogP contribution in [0.1, 0.15) is 0 Å². The van der Waals surface area contributed by atoms with Gasteiger partial charge in [0.15, 0.2) is 0 Å². The van der Waals surface area contributed by atoms with Gasteiger partial charge in [-0.15, -0.1) is 11.3 Å². The highest BCUT2D eigenvalue weighted by Crippen LogP contribution is 2.50. The van der Waals surface area contributed by atoms with Crippen LogP contribution in [-0.2, 0) is 0 Å². The molecule has 0 saturated heterocycles. The largest absolute Gasteiger partial charge is 0.456 e. The molecule has 0 saturated carbocycles. The number of para-hydroxylation sites is 3. The van der Waals surface area contributed by atoms with Gasteiger partial charge in [-0.3, -0.25) is 0 Å². The number of aromatic nitrogens is 1. The molecule has 0 atom stereocenters. The summed E-state index contributed by atoms with van der Waals surface area (Å²) in [5.74, 6) is 0. The zero-order valence-corrected chi connectivity index (χ0v) is 32.2. The Labute approximate surface area is 338 Å². The van der Waals surface area contributed by atoms with Gasteiger partial charge < -0.3 is 13.9 Å². The fourth-order valence-electron chi connectivity index (χ4n) is 8.94. The van der Waals surface area contributed by atoms with Crippen molar-refractivity contribution in [1.82, 2.24) is 4.57 Å². The summed E-state index contributed by atoms with van der Waals surface area (Å²) in [6, 6.07) is 74.4. The Morgan fingerprint density at radius 2 is 1.03 bits per heavy atom. The molecule has 3 nitrogen and oxygen atoms in total. The molecule has 0 radical (unpaired) electrons. The van der Waals surface area contributed by atoms with Gasteiger partial charge in [-0.05, 0) is 82.9 Å². The molecule has 0 unspecified atom stereocenters. The van der Waals surface area contributed by atoms with Crippen LogP contribution >= 0.6 is 11.3 Å². The van der Waals surface area contributed by atoms with Gasteiger partial charge in [-0.2, -0.15) is 0 Å². The predicted molar refractivity (Wildman–Crippen MR) is 247 cm³/mol. The number of hydrogen-bond donors (Lipinski definition) is 0. The van der Waals surface area contributed by atoms with Gasteiger partial charge in [0.1, 0.15) is 11.2 Å². The van der Waals surface area contributed by atoms with Gasteiger partial charge >= 0.3 is 0 Å². The van der Waals surface area contributed by atoms with Crippen LogP contribution in [0.4, 0.5) is 17.1 Å². The zero-order valence-electron chi connectivity index (χ0n) is 31.3. The number of benzene rings is 9. The molecule has 0 spiro atoms. The first kappa shape index (κ1) is 32.8. The first-order valence-corrected chi connectivity index (χ1v) is 20.5. The minimum absolute atomic E-state index is 0.864. The molecule has 12 aromatic rings. The molecule has 4 heteroatoms. The van der Waals surface area contributed by atoms with E-state index in [4.69, 9.17) is 4.42 Å². The Morgan fingerprint density at radius 1 is 0.414 bits per heavy atom. The highest BCUT2D eigenvalue weighted by Gasteiger charge is 2.24. The van der Waals surface area contributed by atoms with Crippen LogP contribution in [-0.4, -0.2) is 4.57 Å². The normalized spacial score (nSPS) is 11.8. The maximum atomic E-state index is 6.55. The second kappa shape index (κ2) is 13.1. The van der Waals surface area contributed by atoms with Gasteiger partial charge in [0.25, 0.3) is 0 Å². The number of thiophene rings is 1. The Hall–Kier alpha value is -7.40. The third-order valence-corrected chi connectivity index (χ3v) is 12.8. The Bertz CT molecular complexity index is 3510. The summed E-state index contributed by atoms with van der Waals surface area (Å²) in [5, 5.41) is 7.15. The lowest BCUT2D eigenvalue weighted by atomic mass is 9.98. The lowest BCUT2D eigenvalue weighted by molar-refractivity contribution is 0.669. The summed E-state index contributed by atoms with van der Waals surface area (Å²) >= 11 is 1.88. The van der Waals surface area contributed by atoms with E-state index in [9.17, 15) is 0 Å². The fourth-order valence-corrected chi connectivity index (χ4v) is 10.2. The van der Waals surface area contributed by atoms with Crippen molar-refractivity contribution in [3.8, 4) is 27.9 Å². The second-order valence-electron chi connectivity index (χ2n) is 14.9. The standard InChI is InChI=1S/C54H34N2OS/c1-4-14-35(15-5-1)37-24-27-46-52(32-37)58-54-41(36-16-6-2-7-17-36)30-31-48(53(46)54)55(40-26-29-45-44-21-11-13-23-50(44)57-51(45)34-40)39-25-28-43-42-20-10-12-22-47(42)56(49(43)33-39)38-18-8-3-9-19-38/h1-34H. The maximum absolute atomic E-state index is 6.55. The van der Waals surface area contributed by atoms with Crippen LogP contribution in [0.3, 0.4) is 0 Å². The van der Waals surface area contributed by atoms with Crippen molar-refractivity contribution in [2.24, 2.45) is 0 Å². The van der Waals surface area contributed by atoms with Crippen molar-refractivity contribution >= 4 is 92.3 Å².